The first kappa shape index (κ1) is 22.1. The predicted molar refractivity (Wildman–Crippen MR) is 118 cm³/mol. The van der Waals surface area contributed by atoms with Gasteiger partial charge >= 0.3 is 6.03 Å². The van der Waals surface area contributed by atoms with Gasteiger partial charge in [-0.2, -0.15) is 0 Å². The minimum absolute atomic E-state index is 0.164. The smallest absolute Gasteiger partial charge is 0.317 e. The summed E-state index contributed by atoms with van der Waals surface area (Å²) in [7, 11) is 3.88. The normalized spacial score (nSPS) is 18.9. The molecule has 0 unspecified atom stereocenters. The molecule has 162 valence electrons. The van der Waals surface area contributed by atoms with Gasteiger partial charge in [0.2, 0.25) is 0 Å². The van der Waals surface area contributed by atoms with E-state index in [4.69, 9.17) is 4.74 Å². The van der Waals surface area contributed by atoms with E-state index >= 15 is 0 Å². The van der Waals surface area contributed by atoms with Crippen LogP contribution in [0.25, 0.3) is 0 Å². The molecule has 1 N–H and O–H groups in total. The Hall–Kier alpha value is -1.59. The molecule has 1 aliphatic heterocycles. The lowest BCUT2D eigenvalue weighted by atomic mass is 9.90. The van der Waals surface area contributed by atoms with Gasteiger partial charge in [-0.15, -0.1) is 0 Å². The van der Waals surface area contributed by atoms with Crippen molar-refractivity contribution in [2.75, 3.05) is 40.4 Å². The Bertz CT molecular complexity index is 605. The number of rotatable bonds is 8. The van der Waals surface area contributed by atoms with Crippen molar-refractivity contribution in [2.45, 2.75) is 64.0 Å². The van der Waals surface area contributed by atoms with Crippen LogP contribution in [-0.2, 0) is 17.7 Å². The molecular formula is C24H39N3O2. The minimum atomic E-state index is 0.164. The topological polar surface area (TPSA) is 44.8 Å². The van der Waals surface area contributed by atoms with Crippen LogP contribution in [-0.4, -0.2) is 62.3 Å². The van der Waals surface area contributed by atoms with Crippen molar-refractivity contribution in [3.8, 4) is 0 Å². The number of carbonyl (C=O) groups excluding carboxylic acids is 1. The molecule has 29 heavy (non-hydrogen) atoms. The monoisotopic (exact) mass is 401 g/mol. The fraction of sp³-hybridized carbons (Fsp3) is 0.708. The zero-order chi connectivity index (χ0) is 20.5. The van der Waals surface area contributed by atoms with Crippen molar-refractivity contribution in [3.63, 3.8) is 0 Å². The summed E-state index contributed by atoms with van der Waals surface area (Å²) in [6.07, 6.45) is 9.49. The van der Waals surface area contributed by atoms with E-state index < -0.39 is 0 Å². The summed E-state index contributed by atoms with van der Waals surface area (Å²) in [5, 5.41) is 3.26. The number of nitrogens with one attached hydrogen (secondary N) is 1. The molecule has 0 radical (unpaired) electrons. The average molecular weight is 402 g/mol. The number of nitrogens with zero attached hydrogens (tertiary/aromatic N) is 2. The molecule has 3 rings (SSSR count). The van der Waals surface area contributed by atoms with Crippen LogP contribution in [0.3, 0.4) is 0 Å². The Morgan fingerprint density at radius 2 is 1.72 bits per heavy atom. The van der Waals surface area contributed by atoms with Gasteiger partial charge in [0.1, 0.15) is 0 Å². The molecule has 5 nitrogen and oxygen atoms in total. The van der Waals surface area contributed by atoms with E-state index in [1.807, 2.05) is 4.90 Å². The molecule has 0 atom stereocenters. The molecule has 0 bridgehead atoms. The molecule has 1 aromatic rings. The first-order valence-electron chi connectivity index (χ1n) is 11.4. The zero-order valence-corrected chi connectivity index (χ0v) is 18.4. The third kappa shape index (κ3) is 7.31. The van der Waals surface area contributed by atoms with Gasteiger partial charge in [0.15, 0.2) is 0 Å². The zero-order valence-electron chi connectivity index (χ0n) is 18.4. The Morgan fingerprint density at radius 1 is 1.07 bits per heavy atom. The Kier molecular flexibility index (Phi) is 8.81. The van der Waals surface area contributed by atoms with E-state index in [1.165, 1.54) is 30.4 Å². The highest BCUT2D eigenvalue weighted by molar-refractivity contribution is 5.74. The number of carbonyl (C=O) groups is 1. The fourth-order valence-electron chi connectivity index (χ4n) is 4.60. The number of methoxy groups -OCH3 is 1. The highest BCUT2D eigenvalue weighted by Crippen LogP contribution is 2.23. The van der Waals surface area contributed by atoms with Crippen molar-refractivity contribution in [1.29, 1.82) is 0 Å². The number of amides is 2. The van der Waals surface area contributed by atoms with Gasteiger partial charge in [-0.05, 0) is 56.2 Å². The quantitative estimate of drug-likeness (QED) is 0.714. The maximum absolute atomic E-state index is 12.5. The van der Waals surface area contributed by atoms with E-state index in [0.29, 0.717) is 12.0 Å². The second-order valence-electron chi connectivity index (χ2n) is 8.97. The van der Waals surface area contributed by atoms with Crippen LogP contribution < -0.4 is 5.32 Å². The van der Waals surface area contributed by atoms with E-state index in [0.717, 1.165) is 64.9 Å². The fourth-order valence-corrected chi connectivity index (χ4v) is 4.60. The van der Waals surface area contributed by atoms with Crippen LogP contribution in [0.5, 0.6) is 0 Å². The summed E-state index contributed by atoms with van der Waals surface area (Å²) in [6, 6.07) is 9.64. The maximum atomic E-state index is 12.5. The number of piperidine rings is 1. The van der Waals surface area contributed by atoms with Gasteiger partial charge in [0, 0.05) is 39.3 Å². The average Bonchev–Trinajstić information content (AvgIpc) is 2.75. The number of hydrogen-bond acceptors (Lipinski definition) is 3. The number of likely N-dealkylation sites (tertiary alicyclic amines) is 1. The summed E-state index contributed by atoms with van der Waals surface area (Å²) in [6.45, 7) is 4.46. The van der Waals surface area contributed by atoms with Crippen molar-refractivity contribution >= 4 is 6.03 Å². The van der Waals surface area contributed by atoms with Crippen LogP contribution in [0.15, 0.2) is 24.3 Å². The van der Waals surface area contributed by atoms with Gasteiger partial charge in [0.05, 0.1) is 6.61 Å². The number of ether oxygens (including phenoxy) is 1. The second-order valence-corrected chi connectivity index (χ2v) is 8.97. The van der Waals surface area contributed by atoms with Crippen molar-refractivity contribution in [2.24, 2.45) is 5.92 Å². The standard InChI is InChI=1S/C24H39N3O2/c1-26(16-17-29-2)19-22-10-8-20(9-11-22)18-21-12-14-27(15-13-21)24(28)25-23-6-4-3-5-7-23/h8-11,21,23H,3-7,12-19H2,1-2H3,(H,25,28). The number of urea groups is 1. The predicted octanol–water partition coefficient (Wildman–Crippen LogP) is 4.06. The Morgan fingerprint density at radius 3 is 2.38 bits per heavy atom. The molecule has 2 aliphatic rings. The van der Waals surface area contributed by atoms with Crippen molar-refractivity contribution in [1.82, 2.24) is 15.1 Å². The molecule has 1 aliphatic carbocycles. The van der Waals surface area contributed by atoms with Gasteiger partial charge in [-0.1, -0.05) is 43.5 Å². The molecule has 2 fully saturated rings. The number of benzene rings is 1. The molecule has 1 saturated heterocycles. The van der Waals surface area contributed by atoms with Crippen molar-refractivity contribution in [3.05, 3.63) is 35.4 Å². The van der Waals surface area contributed by atoms with E-state index in [2.05, 4.69) is 41.5 Å². The lowest BCUT2D eigenvalue weighted by molar-refractivity contribution is 0.158. The van der Waals surface area contributed by atoms with E-state index in [-0.39, 0.29) is 6.03 Å². The molecule has 0 aromatic heterocycles. The Balaban J connectivity index is 1.38. The molecule has 5 heteroatoms. The van der Waals surface area contributed by atoms with Gasteiger partial charge in [0.25, 0.3) is 0 Å². The number of likely N-dealkylation sites (N-methyl/N-ethyl adjacent to an activating group) is 1. The highest BCUT2D eigenvalue weighted by atomic mass is 16.5. The van der Waals surface area contributed by atoms with Crippen LogP contribution in [0.4, 0.5) is 4.79 Å². The van der Waals surface area contributed by atoms with Gasteiger partial charge < -0.3 is 15.0 Å². The van der Waals surface area contributed by atoms with Crippen LogP contribution in [0, 0.1) is 5.92 Å². The third-order valence-electron chi connectivity index (χ3n) is 6.51. The van der Waals surface area contributed by atoms with Crippen LogP contribution in [0.1, 0.15) is 56.1 Å². The third-order valence-corrected chi connectivity index (χ3v) is 6.51. The van der Waals surface area contributed by atoms with Gasteiger partial charge in [-0.3, -0.25) is 4.90 Å². The lowest BCUT2D eigenvalue weighted by Gasteiger charge is -2.34. The second kappa shape index (κ2) is 11.6. The molecule has 2 amide bonds. The molecule has 1 saturated carbocycles. The largest absolute Gasteiger partial charge is 0.383 e. The van der Waals surface area contributed by atoms with Gasteiger partial charge in [-0.25, -0.2) is 4.79 Å². The van der Waals surface area contributed by atoms with E-state index in [1.54, 1.807) is 7.11 Å². The molecule has 0 spiro atoms. The lowest BCUT2D eigenvalue weighted by Crippen LogP contribution is -2.48. The summed E-state index contributed by atoms with van der Waals surface area (Å²) < 4.78 is 5.14. The number of hydrogen-bond donors (Lipinski definition) is 1. The van der Waals surface area contributed by atoms with E-state index in [9.17, 15) is 4.79 Å². The molecular weight excluding hydrogens is 362 g/mol. The summed E-state index contributed by atoms with van der Waals surface area (Å²) in [5.74, 6) is 0.684. The summed E-state index contributed by atoms with van der Waals surface area (Å²) >= 11 is 0. The first-order chi connectivity index (χ1) is 14.1. The minimum Gasteiger partial charge on any atom is -0.383 e. The Labute approximate surface area is 176 Å². The summed E-state index contributed by atoms with van der Waals surface area (Å²) in [4.78, 5) is 16.8. The molecule has 1 aromatic carbocycles. The maximum Gasteiger partial charge on any atom is 0.317 e. The van der Waals surface area contributed by atoms with Crippen LogP contribution in [0.2, 0.25) is 0 Å². The highest BCUT2D eigenvalue weighted by Gasteiger charge is 2.25. The van der Waals surface area contributed by atoms with Crippen molar-refractivity contribution < 1.29 is 9.53 Å². The molecule has 1 heterocycles. The first-order valence-corrected chi connectivity index (χ1v) is 11.4. The summed E-state index contributed by atoms with van der Waals surface area (Å²) in [5.41, 5.74) is 2.76. The van der Waals surface area contributed by atoms with Crippen LogP contribution >= 0.6 is 0 Å². The SMILES string of the molecule is COCCN(C)Cc1ccc(CC2CCN(C(=O)NC3CCCCC3)CC2)cc1.